The highest BCUT2D eigenvalue weighted by Crippen LogP contribution is 2.35. The van der Waals surface area contributed by atoms with Crippen LogP contribution < -0.4 is 9.30 Å². The number of hydrogen-bond acceptors (Lipinski definition) is 2. The van der Waals surface area contributed by atoms with E-state index in [2.05, 4.69) is 63.3 Å². The van der Waals surface area contributed by atoms with Crippen LogP contribution in [-0.4, -0.2) is 14.1 Å². The van der Waals surface area contributed by atoms with E-state index < -0.39 is 6.85 Å². The Labute approximate surface area is 256 Å². The predicted molar refractivity (Wildman–Crippen MR) is 173 cm³/mol. The molecule has 0 amide bonds. The second-order valence-corrected chi connectivity index (χ2v) is 11.9. The molecular formula is C38H34N4O. The third kappa shape index (κ3) is 4.97. The SMILES string of the molecule is [2H]C([2H])([2H])c1ccnc(-n2c3ccccc3c3ccc(Oc4cccc(-n5[c-][n+](-c6ccc(C(C)(C)C)cc6C)cc5)c4)cc32)c1. The van der Waals surface area contributed by atoms with Crippen molar-refractivity contribution in [2.75, 3.05) is 0 Å². The Morgan fingerprint density at radius 3 is 2.51 bits per heavy atom. The minimum Gasteiger partial charge on any atom is -0.458 e. The van der Waals surface area contributed by atoms with Gasteiger partial charge in [-0.1, -0.05) is 57.2 Å². The average Bonchev–Trinajstić information content (AvgIpc) is 3.64. The van der Waals surface area contributed by atoms with Crippen molar-refractivity contribution in [1.29, 1.82) is 0 Å². The summed E-state index contributed by atoms with van der Waals surface area (Å²) in [5, 5.41) is 2.07. The molecule has 0 aliphatic heterocycles. The number of ether oxygens (including phenoxy) is 1. The number of para-hydroxylation sites is 1. The number of imidazole rings is 1. The van der Waals surface area contributed by atoms with Gasteiger partial charge in [0.25, 0.3) is 6.33 Å². The van der Waals surface area contributed by atoms with Crippen molar-refractivity contribution in [1.82, 2.24) is 14.1 Å². The summed E-state index contributed by atoms with van der Waals surface area (Å²) in [7, 11) is 0. The van der Waals surface area contributed by atoms with Crippen molar-refractivity contribution in [2.45, 2.75) is 40.0 Å². The Bertz CT molecular complexity index is 2240. The average molecular weight is 566 g/mol. The van der Waals surface area contributed by atoms with E-state index in [0.717, 1.165) is 33.2 Å². The summed E-state index contributed by atoms with van der Waals surface area (Å²) >= 11 is 0. The number of aryl methyl sites for hydroxylation is 2. The van der Waals surface area contributed by atoms with Gasteiger partial charge in [0.2, 0.25) is 0 Å². The van der Waals surface area contributed by atoms with Gasteiger partial charge in [-0.3, -0.25) is 13.7 Å². The quantitative estimate of drug-likeness (QED) is 0.155. The van der Waals surface area contributed by atoms with Crippen molar-refractivity contribution >= 4 is 21.8 Å². The second-order valence-electron chi connectivity index (χ2n) is 11.9. The minimum atomic E-state index is -2.23. The van der Waals surface area contributed by atoms with Crippen LogP contribution >= 0.6 is 0 Å². The standard InChI is InChI=1S/C38H34N4O/c1-26-17-18-39-37(21-26)42-35-12-7-6-11-32(35)33-15-14-31(24-36(33)42)43-30-10-8-9-29(23-30)40-19-20-41(25-40)34-16-13-28(22-27(34)2)38(3,4)5/h6-24H,1-5H3/i1D3. The number of fused-ring (bicyclic) bond motifs is 3. The maximum absolute atomic E-state index is 7.91. The summed E-state index contributed by atoms with van der Waals surface area (Å²) < 4.78 is 36.1. The van der Waals surface area contributed by atoms with Crippen LogP contribution in [0.25, 0.3) is 39.0 Å². The van der Waals surface area contributed by atoms with Gasteiger partial charge in [0.05, 0.1) is 22.4 Å². The normalized spacial score (nSPS) is 13.2. The van der Waals surface area contributed by atoms with E-state index in [1.807, 2.05) is 86.8 Å². The van der Waals surface area contributed by atoms with Crippen LogP contribution in [0.5, 0.6) is 11.5 Å². The van der Waals surface area contributed by atoms with Crippen LogP contribution in [0, 0.1) is 20.1 Å². The fourth-order valence-electron chi connectivity index (χ4n) is 5.62. The van der Waals surface area contributed by atoms with E-state index >= 15 is 0 Å². The van der Waals surface area contributed by atoms with Crippen molar-refractivity contribution in [3.05, 3.63) is 139 Å². The van der Waals surface area contributed by atoms with E-state index in [9.17, 15) is 0 Å². The Hall–Kier alpha value is -5.16. The van der Waals surface area contributed by atoms with E-state index in [1.165, 1.54) is 11.1 Å². The number of rotatable bonds is 5. The lowest BCUT2D eigenvalue weighted by molar-refractivity contribution is -0.599. The van der Waals surface area contributed by atoms with Crippen LogP contribution in [0.4, 0.5) is 0 Å². The zero-order valence-corrected chi connectivity index (χ0v) is 24.7. The van der Waals surface area contributed by atoms with E-state index in [1.54, 1.807) is 18.3 Å². The number of pyridine rings is 1. The van der Waals surface area contributed by atoms with Gasteiger partial charge in [0.15, 0.2) is 0 Å². The van der Waals surface area contributed by atoms with Crippen LogP contribution in [0.3, 0.4) is 0 Å². The van der Waals surface area contributed by atoms with Gasteiger partial charge in [-0.15, -0.1) is 0 Å². The Morgan fingerprint density at radius 1 is 0.837 bits per heavy atom. The van der Waals surface area contributed by atoms with Crippen LogP contribution in [0.2, 0.25) is 0 Å². The molecule has 0 atom stereocenters. The zero-order chi connectivity index (χ0) is 32.2. The van der Waals surface area contributed by atoms with Crippen molar-refractivity contribution in [2.24, 2.45) is 0 Å². The molecular weight excluding hydrogens is 528 g/mol. The Morgan fingerprint density at radius 2 is 1.67 bits per heavy atom. The molecule has 0 unspecified atom stereocenters. The molecule has 5 heteroatoms. The van der Waals surface area contributed by atoms with Crippen molar-refractivity contribution in [3.8, 4) is 28.7 Å². The predicted octanol–water partition coefficient (Wildman–Crippen LogP) is 8.75. The first-order valence-electron chi connectivity index (χ1n) is 15.9. The van der Waals surface area contributed by atoms with Gasteiger partial charge in [0, 0.05) is 39.5 Å². The molecule has 3 aromatic heterocycles. The molecule has 7 aromatic rings. The lowest BCUT2D eigenvalue weighted by atomic mass is 9.86. The van der Waals surface area contributed by atoms with Crippen LogP contribution in [0.1, 0.15) is 41.6 Å². The summed E-state index contributed by atoms with van der Waals surface area (Å²) in [6.07, 6.45) is 8.99. The molecule has 4 aromatic carbocycles. The maximum Gasteiger partial charge on any atom is 0.268 e. The third-order valence-electron chi connectivity index (χ3n) is 7.85. The smallest absolute Gasteiger partial charge is 0.268 e. The largest absolute Gasteiger partial charge is 0.458 e. The second kappa shape index (κ2) is 10.3. The van der Waals surface area contributed by atoms with Crippen molar-refractivity contribution in [3.63, 3.8) is 0 Å². The summed E-state index contributed by atoms with van der Waals surface area (Å²) in [6, 6.07) is 31.7. The number of aromatic nitrogens is 4. The highest BCUT2D eigenvalue weighted by molar-refractivity contribution is 6.09. The number of nitrogens with zero attached hydrogens (tertiary/aromatic N) is 4. The molecule has 7 rings (SSSR count). The first-order valence-corrected chi connectivity index (χ1v) is 14.4. The van der Waals surface area contributed by atoms with Gasteiger partial charge in [-0.25, -0.2) is 4.98 Å². The van der Waals surface area contributed by atoms with E-state index in [0.29, 0.717) is 17.3 Å². The lowest BCUT2D eigenvalue weighted by Crippen LogP contribution is -2.29. The molecule has 212 valence electrons. The fourth-order valence-corrected chi connectivity index (χ4v) is 5.62. The molecule has 0 spiro atoms. The number of hydrogen-bond donors (Lipinski definition) is 0. The molecule has 0 N–H and O–H groups in total. The van der Waals surface area contributed by atoms with Crippen LogP contribution in [-0.2, 0) is 5.41 Å². The van der Waals surface area contributed by atoms with Gasteiger partial charge in [-0.05, 0) is 90.5 Å². The molecule has 0 aliphatic carbocycles. The molecule has 0 fully saturated rings. The Balaban J connectivity index is 1.22. The summed E-state index contributed by atoms with van der Waals surface area (Å²) in [6.45, 7) is 6.57. The fraction of sp³-hybridized carbons (Fsp3) is 0.158. The summed E-state index contributed by atoms with van der Waals surface area (Å²) in [5.74, 6) is 1.88. The lowest BCUT2D eigenvalue weighted by Gasteiger charge is -2.20. The molecule has 0 saturated heterocycles. The maximum atomic E-state index is 7.91. The van der Waals surface area contributed by atoms with Gasteiger partial charge >= 0.3 is 0 Å². The molecule has 43 heavy (non-hydrogen) atoms. The van der Waals surface area contributed by atoms with Gasteiger partial charge in [-0.2, -0.15) is 0 Å². The highest BCUT2D eigenvalue weighted by atomic mass is 16.5. The minimum absolute atomic E-state index is 0.0901. The first-order chi connectivity index (χ1) is 22.0. The molecule has 0 radical (unpaired) electrons. The van der Waals surface area contributed by atoms with E-state index in [4.69, 9.17) is 8.85 Å². The Kier molecular flexibility index (Phi) is 5.60. The molecule has 0 aliphatic rings. The molecule has 0 saturated carbocycles. The van der Waals surface area contributed by atoms with Gasteiger partial charge < -0.3 is 4.74 Å². The van der Waals surface area contributed by atoms with E-state index in [-0.39, 0.29) is 11.0 Å². The summed E-state index contributed by atoms with van der Waals surface area (Å²) in [4.78, 5) is 4.56. The van der Waals surface area contributed by atoms with Crippen molar-refractivity contribution < 1.29 is 13.4 Å². The van der Waals surface area contributed by atoms with Crippen LogP contribution in [0.15, 0.2) is 116 Å². The molecule has 5 nitrogen and oxygen atoms in total. The summed E-state index contributed by atoms with van der Waals surface area (Å²) in [5.41, 5.74) is 6.64. The monoisotopic (exact) mass is 565 g/mol. The first kappa shape index (κ1) is 23.4. The topological polar surface area (TPSA) is 35.9 Å². The van der Waals surface area contributed by atoms with Gasteiger partial charge in [0.1, 0.15) is 17.3 Å². The molecule has 3 heterocycles. The zero-order valence-electron chi connectivity index (χ0n) is 27.7. The third-order valence-corrected chi connectivity index (χ3v) is 7.85. The number of benzene rings is 4. The highest BCUT2D eigenvalue weighted by Gasteiger charge is 2.16. The molecule has 0 bridgehead atoms.